The van der Waals surface area contributed by atoms with Crippen molar-refractivity contribution >= 4 is 5.91 Å². The average Bonchev–Trinajstić information content (AvgIpc) is 2.15. The van der Waals surface area contributed by atoms with Gasteiger partial charge in [-0.3, -0.25) is 4.79 Å². The zero-order chi connectivity index (χ0) is 11.1. The number of nitrogens with zero attached hydrogens (tertiary/aromatic N) is 1. The van der Waals surface area contributed by atoms with E-state index in [4.69, 9.17) is 5.26 Å². The van der Waals surface area contributed by atoms with Gasteiger partial charge in [-0.05, 0) is 18.3 Å². The molecule has 80 valence electrons. The van der Waals surface area contributed by atoms with Gasteiger partial charge in [-0.1, -0.05) is 27.7 Å². The predicted octanol–water partition coefficient (Wildman–Crippen LogP) is 1.94. The molecule has 0 aromatic heterocycles. The zero-order valence-electron chi connectivity index (χ0n) is 9.50. The van der Waals surface area contributed by atoms with Crippen molar-refractivity contribution in [3.8, 4) is 6.07 Å². The van der Waals surface area contributed by atoms with Crippen LogP contribution < -0.4 is 5.32 Å². The first-order chi connectivity index (χ1) is 6.52. The maximum Gasteiger partial charge on any atom is 0.237 e. The Labute approximate surface area is 86.5 Å². The summed E-state index contributed by atoms with van der Waals surface area (Å²) in [5, 5.41) is 11.5. The molecule has 0 saturated carbocycles. The largest absolute Gasteiger partial charge is 0.355 e. The lowest BCUT2D eigenvalue weighted by Crippen LogP contribution is -2.34. The van der Waals surface area contributed by atoms with E-state index < -0.39 is 5.92 Å². The van der Waals surface area contributed by atoms with Gasteiger partial charge in [0.2, 0.25) is 5.91 Å². The number of carbonyl (C=O) groups is 1. The van der Waals surface area contributed by atoms with Crippen LogP contribution in [-0.4, -0.2) is 12.5 Å². The summed E-state index contributed by atoms with van der Waals surface area (Å²) in [5.41, 5.74) is 0. The fourth-order valence-electron chi connectivity index (χ4n) is 0.956. The molecule has 0 rings (SSSR count). The molecule has 0 heterocycles. The van der Waals surface area contributed by atoms with Crippen molar-refractivity contribution in [3.63, 3.8) is 0 Å². The van der Waals surface area contributed by atoms with E-state index in [0.717, 1.165) is 0 Å². The van der Waals surface area contributed by atoms with Crippen LogP contribution in [0.1, 0.15) is 34.1 Å². The van der Waals surface area contributed by atoms with E-state index in [1.165, 1.54) is 0 Å². The Bertz CT molecular complexity index is 218. The molecule has 0 aromatic rings. The van der Waals surface area contributed by atoms with Crippen LogP contribution in [0.25, 0.3) is 0 Å². The molecule has 0 aliphatic rings. The molecule has 14 heavy (non-hydrogen) atoms. The van der Waals surface area contributed by atoms with Gasteiger partial charge in [0, 0.05) is 6.54 Å². The molecule has 0 aromatic carbocycles. The highest BCUT2D eigenvalue weighted by atomic mass is 16.1. The van der Waals surface area contributed by atoms with Crippen LogP contribution in [0.4, 0.5) is 0 Å². The molecule has 2 unspecified atom stereocenters. The van der Waals surface area contributed by atoms with Gasteiger partial charge < -0.3 is 5.32 Å². The van der Waals surface area contributed by atoms with E-state index in [1.54, 1.807) is 0 Å². The van der Waals surface area contributed by atoms with Crippen LogP contribution >= 0.6 is 0 Å². The average molecular weight is 196 g/mol. The lowest BCUT2D eigenvalue weighted by atomic mass is 9.98. The van der Waals surface area contributed by atoms with Crippen molar-refractivity contribution in [2.24, 2.45) is 17.8 Å². The first kappa shape index (κ1) is 13.0. The van der Waals surface area contributed by atoms with E-state index >= 15 is 0 Å². The van der Waals surface area contributed by atoms with E-state index in [-0.39, 0.29) is 5.91 Å². The second-order valence-electron chi connectivity index (χ2n) is 4.06. The highest BCUT2D eigenvalue weighted by molar-refractivity contribution is 5.80. The Morgan fingerprint density at radius 1 is 1.43 bits per heavy atom. The normalized spacial score (nSPS) is 14.6. The number of nitrogens with one attached hydrogen (secondary N) is 1. The molecule has 0 bridgehead atoms. The van der Waals surface area contributed by atoms with Crippen molar-refractivity contribution < 1.29 is 4.79 Å². The lowest BCUT2D eigenvalue weighted by Gasteiger charge is -2.16. The van der Waals surface area contributed by atoms with Gasteiger partial charge in [0.05, 0.1) is 6.07 Å². The molecule has 0 saturated heterocycles. The molecular weight excluding hydrogens is 176 g/mol. The fourth-order valence-corrected chi connectivity index (χ4v) is 0.956. The monoisotopic (exact) mass is 196 g/mol. The second kappa shape index (κ2) is 6.42. The Kier molecular flexibility index (Phi) is 5.94. The molecule has 0 aliphatic heterocycles. The van der Waals surface area contributed by atoms with Crippen LogP contribution in [-0.2, 0) is 4.79 Å². The molecule has 0 aliphatic carbocycles. The number of hydrogen-bond acceptors (Lipinski definition) is 2. The van der Waals surface area contributed by atoms with Crippen LogP contribution in [0.5, 0.6) is 0 Å². The van der Waals surface area contributed by atoms with Crippen molar-refractivity contribution in [1.29, 1.82) is 5.26 Å². The Hall–Kier alpha value is -1.04. The fraction of sp³-hybridized carbons (Fsp3) is 0.818. The van der Waals surface area contributed by atoms with Gasteiger partial charge in [0.1, 0.15) is 5.92 Å². The standard InChI is InChI=1S/C11H20N2O/c1-5-10(6-12)11(14)13-7-9(4)8(2)3/h8-10H,5,7H2,1-4H3,(H,13,14). The third kappa shape index (κ3) is 4.27. The Morgan fingerprint density at radius 3 is 2.36 bits per heavy atom. The summed E-state index contributed by atoms with van der Waals surface area (Å²) < 4.78 is 0. The Morgan fingerprint density at radius 2 is 2.00 bits per heavy atom. The molecule has 1 amide bonds. The molecule has 2 atom stereocenters. The summed E-state index contributed by atoms with van der Waals surface area (Å²) in [6.07, 6.45) is 0.582. The van der Waals surface area contributed by atoms with E-state index in [0.29, 0.717) is 24.8 Å². The number of amides is 1. The highest BCUT2D eigenvalue weighted by Crippen LogP contribution is 2.08. The van der Waals surface area contributed by atoms with Crippen LogP contribution in [0.3, 0.4) is 0 Å². The quantitative estimate of drug-likeness (QED) is 0.730. The summed E-state index contributed by atoms with van der Waals surface area (Å²) in [6.45, 7) is 8.85. The molecule has 1 N–H and O–H groups in total. The smallest absolute Gasteiger partial charge is 0.237 e. The summed E-state index contributed by atoms with van der Waals surface area (Å²) in [4.78, 5) is 11.4. The molecule has 3 nitrogen and oxygen atoms in total. The molecule has 0 spiro atoms. The summed E-state index contributed by atoms with van der Waals surface area (Å²) in [5.74, 6) is 0.379. The maximum absolute atomic E-state index is 11.4. The minimum atomic E-state index is -0.491. The predicted molar refractivity (Wildman–Crippen MR) is 56.4 cm³/mol. The Balaban J connectivity index is 3.91. The first-order valence-electron chi connectivity index (χ1n) is 5.20. The number of hydrogen-bond donors (Lipinski definition) is 1. The van der Waals surface area contributed by atoms with Crippen molar-refractivity contribution in [2.75, 3.05) is 6.54 Å². The van der Waals surface area contributed by atoms with Crippen molar-refractivity contribution in [2.45, 2.75) is 34.1 Å². The molecule has 0 fully saturated rings. The third-order valence-corrected chi connectivity index (χ3v) is 2.62. The minimum Gasteiger partial charge on any atom is -0.355 e. The molecular formula is C11H20N2O. The molecule has 3 heteroatoms. The van der Waals surface area contributed by atoms with Gasteiger partial charge in [0.25, 0.3) is 0 Å². The van der Waals surface area contributed by atoms with Gasteiger partial charge in [0.15, 0.2) is 0 Å². The van der Waals surface area contributed by atoms with Gasteiger partial charge >= 0.3 is 0 Å². The summed E-state index contributed by atoms with van der Waals surface area (Å²) in [6, 6.07) is 1.99. The van der Waals surface area contributed by atoms with Crippen molar-refractivity contribution in [1.82, 2.24) is 5.32 Å². The number of rotatable bonds is 5. The van der Waals surface area contributed by atoms with Gasteiger partial charge in [-0.2, -0.15) is 5.26 Å². The van der Waals surface area contributed by atoms with Crippen LogP contribution in [0.15, 0.2) is 0 Å². The second-order valence-corrected chi connectivity index (χ2v) is 4.06. The van der Waals surface area contributed by atoms with E-state index in [2.05, 4.69) is 26.1 Å². The zero-order valence-corrected chi connectivity index (χ0v) is 9.50. The number of nitriles is 1. The van der Waals surface area contributed by atoms with Gasteiger partial charge in [-0.15, -0.1) is 0 Å². The van der Waals surface area contributed by atoms with Crippen LogP contribution in [0, 0.1) is 29.1 Å². The number of carbonyl (C=O) groups excluding carboxylic acids is 1. The maximum atomic E-state index is 11.4. The third-order valence-electron chi connectivity index (χ3n) is 2.62. The first-order valence-corrected chi connectivity index (χ1v) is 5.20. The van der Waals surface area contributed by atoms with Gasteiger partial charge in [-0.25, -0.2) is 0 Å². The van der Waals surface area contributed by atoms with E-state index in [9.17, 15) is 4.79 Å². The lowest BCUT2D eigenvalue weighted by molar-refractivity contribution is -0.123. The van der Waals surface area contributed by atoms with E-state index in [1.807, 2.05) is 13.0 Å². The van der Waals surface area contributed by atoms with Crippen molar-refractivity contribution in [3.05, 3.63) is 0 Å². The minimum absolute atomic E-state index is 0.137. The SMILES string of the molecule is CCC(C#N)C(=O)NCC(C)C(C)C. The topological polar surface area (TPSA) is 52.9 Å². The van der Waals surface area contributed by atoms with Crippen LogP contribution in [0.2, 0.25) is 0 Å². The summed E-state index contributed by atoms with van der Waals surface area (Å²) in [7, 11) is 0. The summed E-state index contributed by atoms with van der Waals surface area (Å²) >= 11 is 0. The molecule has 0 radical (unpaired) electrons. The highest BCUT2D eigenvalue weighted by Gasteiger charge is 2.16.